The number of rotatable bonds is 4. The summed E-state index contributed by atoms with van der Waals surface area (Å²) in [6.07, 6.45) is 4.98. The summed E-state index contributed by atoms with van der Waals surface area (Å²) in [4.78, 5) is 20.5. The van der Waals surface area contributed by atoms with Crippen LogP contribution in [0.5, 0.6) is 0 Å². The molecule has 4 nitrogen and oxygen atoms in total. The average molecular weight is 225 g/mol. The van der Waals surface area contributed by atoms with Crippen LogP contribution in [0, 0.1) is 5.92 Å². The number of amides is 1. The molecule has 1 amide bonds. The zero-order chi connectivity index (χ0) is 10.7. The highest BCUT2D eigenvalue weighted by molar-refractivity contribution is 7.80. The lowest BCUT2D eigenvalue weighted by Gasteiger charge is -2.15. The van der Waals surface area contributed by atoms with E-state index in [2.05, 4.69) is 22.6 Å². The summed E-state index contributed by atoms with van der Waals surface area (Å²) >= 11 is 4.23. The molecule has 2 heterocycles. The molecule has 1 aromatic heterocycles. The van der Waals surface area contributed by atoms with Gasteiger partial charge in [-0.3, -0.25) is 4.79 Å². The normalized spacial score (nSPS) is 21.3. The van der Waals surface area contributed by atoms with Crippen LogP contribution < -0.4 is 0 Å². The van der Waals surface area contributed by atoms with Crippen LogP contribution >= 0.6 is 12.6 Å². The summed E-state index contributed by atoms with van der Waals surface area (Å²) in [5.41, 5.74) is 1.08. The molecule has 1 N–H and O–H groups in total. The minimum absolute atomic E-state index is 0.258. The van der Waals surface area contributed by atoms with E-state index in [0.717, 1.165) is 31.0 Å². The van der Waals surface area contributed by atoms with E-state index in [-0.39, 0.29) is 5.91 Å². The summed E-state index contributed by atoms with van der Waals surface area (Å²) in [5.74, 6) is 1.49. The molecule has 0 spiro atoms. The summed E-state index contributed by atoms with van der Waals surface area (Å²) in [6.45, 7) is 1.64. The minimum Gasteiger partial charge on any atom is -0.348 e. The average Bonchev–Trinajstić information content (AvgIpc) is 2.84. The largest absolute Gasteiger partial charge is 0.348 e. The third-order valence-corrected chi connectivity index (χ3v) is 3.28. The number of nitrogens with zero attached hydrogens (tertiary/aromatic N) is 2. The van der Waals surface area contributed by atoms with Crippen LogP contribution in [-0.4, -0.2) is 39.6 Å². The Kier molecular flexibility index (Phi) is 3.30. The Morgan fingerprint density at radius 2 is 2.53 bits per heavy atom. The summed E-state index contributed by atoms with van der Waals surface area (Å²) in [5, 5.41) is 0. The lowest BCUT2D eigenvalue weighted by atomic mass is 10.1. The highest BCUT2D eigenvalue weighted by Crippen LogP contribution is 2.18. The number of thiol groups is 1. The van der Waals surface area contributed by atoms with Crippen LogP contribution in [0.1, 0.15) is 12.1 Å². The predicted molar refractivity (Wildman–Crippen MR) is 60.8 cm³/mol. The van der Waals surface area contributed by atoms with E-state index in [1.165, 1.54) is 0 Å². The highest BCUT2D eigenvalue weighted by Gasteiger charge is 2.27. The maximum absolute atomic E-state index is 11.6. The topological polar surface area (TPSA) is 49.0 Å². The summed E-state index contributed by atoms with van der Waals surface area (Å²) in [6, 6.07) is 0. The van der Waals surface area contributed by atoms with Crippen molar-refractivity contribution in [3.05, 3.63) is 18.2 Å². The number of H-pyrrole nitrogens is 1. The Morgan fingerprint density at radius 3 is 3.13 bits per heavy atom. The van der Waals surface area contributed by atoms with E-state index >= 15 is 0 Å². The second-order valence-electron chi connectivity index (χ2n) is 3.92. The maximum Gasteiger partial charge on any atom is 0.222 e. The Hall–Kier alpha value is -0.970. The fraction of sp³-hybridized carbons (Fsp3) is 0.600. The van der Waals surface area contributed by atoms with Gasteiger partial charge in [0.2, 0.25) is 5.91 Å². The van der Waals surface area contributed by atoms with Gasteiger partial charge in [-0.05, 0) is 11.7 Å². The van der Waals surface area contributed by atoms with Crippen molar-refractivity contribution < 1.29 is 4.79 Å². The van der Waals surface area contributed by atoms with Crippen molar-refractivity contribution in [1.82, 2.24) is 14.9 Å². The number of nitrogens with one attached hydrogen (secondary N) is 1. The van der Waals surface area contributed by atoms with Crippen molar-refractivity contribution in [2.75, 3.05) is 18.8 Å². The van der Waals surface area contributed by atoms with Gasteiger partial charge in [-0.15, -0.1) is 0 Å². The lowest BCUT2D eigenvalue weighted by Crippen LogP contribution is -2.27. The quantitative estimate of drug-likeness (QED) is 0.742. The number of carbonyl (C=O) groups is 1. The van der Waals surface area contributed by atoms with Crippen molar-refractivity contribution in [3.8, 4) is 0 Å². The van der Waals surface area contributed by atoms with E-state index in [1.54, 1.807) is 12.5 Å². The molecule has 0 bridgehead atoms. The van der Waals surface area contributed by atoms with Gasteiger partial charge in [0.25, 0.3) is 0 Å². The number of imidazole rings is 1. The summed E-state index contributed by atoms with van der Waals surface area (Å²) in [7, 11) is 0. The maximum atomic E-state index is 11.6. The fourth-order valence-corrected chi connectivity index (χ4v) is 2.11. The third-order valence-electron chi connectivity index (χ3n) is 2.76. The first-order chi connectivity index (χ1) is 7.29. The molecule has 1 fully saturated rings. The summed E-state index contributed by atoms with van der Waals surface area (Å²) < 4.78 is 0. The molecule has 2 rings (SSSR count). The van der Waals surface area contributed by atoms with E-state index in [4.69, 9.17) is 0 Å². The van der Waals surface area contributed by atoms with Gasteiger partial charge in [0.1, 0.15) is 0 Å². The van der Waals surface area contributed by atoms with Crippen molar-refractivity contribution in [2.24, 2.45) is 5.92 Å². The fourth-order valence-electron chi connectivity index (χ4n) is 1.87. The molecule has 1 unspecified atom stereocenters. The molecule has 15 heavy (non-hydrogen) atoms. The zero-order valence-corrected chi connectivity index (χ0v) is 9.41. The van der Waals surface area contributed by atoms with Crippen molar-refractivity contribution in [1.29, 1.82) is 0 Å². The molecule has 0 saturated carbocycles. The Morgan fingerprint density at radius 1 is 1.67 bits per heavy atom. The van der Waals surface area contributed by atoms with Crippen LogP contribution in [0.15, 0.2) is 12.5 Å². The van der Waals surface area contributed by atoms with Crippen LogP contribution in [0.4, 0.5) is 0 Å². The first-order valence-electron chi connectivity index (χ1n) is 5.15. The number of hydrogen-bond acceptors (Lipinski definition) is 3. The van der Waals surface area contributed by atoms with Crippen LogP contribution in [0.2, 0.25) is 0 Å². The minimum atomic E-state index is 0.258. The molecule has 1 atom stereocenters. The van der Waals surface area contributed by atoms with E-state index in [9.17, 15) is 4.79 Å². The molecule has 0 aromatic carbocycles. The van der Waals surface area contributed by atoms with Gasteiger partial charge in [0, 0.05) is 37.8 Å². The Balaban J connectivity index is 1.83. The van der Waals surface area contributed by atoms with Crippen LogP contribution in [-0.2, 0) is 11.2 Å². The van der Waals surface area contributed by atoms with Gasteiger partial charge in [-0.25, -0.2) is 4.98 Å². The first kappa shape index (κ1) is 10.5. The number of hydrogen-bond donors (Lipinski definition) is 2. The number of likely N-dealkylation sites (tertiary alicyclic amines) is 1. The highest BCUT2D eigenvalue weighted by atomic mass is 32.1. The van der Waals surface area contributed by atoms with Gasteiger partial charge in [-0.2, -0.15) is 12.6 Å². The number of carbonyl (C=O) groups excluding carboxylic acids is 1. The molecule has 1 aliphatic rings. The SMILES string of the molecule is O=C1CC(CS)CN1CCc1cnc[nH]1. The van der Waals surface area contributed by atoms with Gasteiger partial charge < -0.3 is 9.88 Å². The molecule has 1 saturated heterocycles. The molecule has 5 heteroatoms. The van der Waals surface area contributed by atoms with Crippen molar-refractivity contribution >= 4 is 18.5 Å². The lowest BCUT2D eigenvalue weighted by molar-refractivity contribution is -0.127. The van der Waals surface area contributed by atoms with Gasteiger partial charge in [-0.1, -0.05) is 0 Å². The predicted octanol–water partition coefficient (Wildman–Crippen LogP) is 0.730. The second kappa shape index (κ2) is 4.70. The molecule has 1 aromatic rings. The molecular formula is C10H15N3OS. The Bertz CT molecular complexity index is 325. The van der Waals surface area contributed by atoms with E-state index < -0.39 is 0 Å². The van der Waals surface area contributed by atoms with Crippen molar-refractivity contribution in [2.45, 2.75) is 12.8 Å². The zero-order valence-electron chi connectivity index (χ0n) is 8.52. The Labute approximate surface area is 94.5 Å². The molecule has 0 aliphatic carbocycles. The first-order valence-corrected chi connectivity index (χ1v) is 5.78. The number of aromatic nitrogens is 2. The van der Waals surface area contributed by atoms with Crippen LogP contribution in [0.3, 0.4) is 0 Å². The van der Waals surface area contributed by atoms with E-state index in [0.29, 0.717) is 12.3 Å². The molecule has 1 aliphatic heterocycles. The van der Waals surface area contributed by atoms with Gasteiger partial charge in [0.05, 0.1) is 6.33 Å². The second-order valence-corrected chi connectivity index (χ2v) is 4.28. The van der Waals surface area contributed by atoms with Gasteiger partial charge in [0.15, 0.2) is 0 Å². The monoisotopic (exact) mass is 225 g/mol. The smallest absolute Gasteiger partial charge is 0.222 e. The molecule has 82 valence electrons. The van der Waals surface area contributed by atoms with Crippen LogP contribution in [0.25, 0.3) is 0 Å². The molecular weight excluding hydrogens is 210 g/mol. The van der Waals surface area contributed by atoms with Crippen molar-refractivity contribution in [3.63, 3.8) is 0 Å². The standard InChI is InChI=1S/C10H15N3OS/c14-10-3-8(6-15)5-13(10)2-1-9-4-11-7-12-9/h4,7-8,15H,1-3,5-6H2,(H,11,12). The third kappa shape index (κ3) is 2.53. The molecule has 0 radical (unpaired) electrons. The number of aromatic amines is 1. The van der Waals surface area contributed by atoms with Gasteiger partial charge >= 0.3 is 0 Å². The van der Waals surface area contributed by atoms with E-state index in [1.807, 2.05) is 4.90 Å².